The molecule has 0 aliphatic carbocycles. The van der Waals surface area contributed by atoms with Crippen LogP contribution in [-0.2, 0) is 6.54 Å². The molecule has 0 aromatic carbocycles. The molecule has 0 bridgehead atoms. The van der Waals surface area contributed by atoms with Crippen LogP contribution in [0.1, 0.15) is 18.4 Å². The highest BCUT2D eigenvalue weighted by molar-refractivity contribution is 5.37. The number of piperidine rings is 1. The van der Waals surface area contributed by atoms with Gasteiger partial charge in [0.2, 0.25) is 0 Å². The van der Waals surface area contributed by atoms with Gasteiger partial charge in [0.05, 0.1) is 0 Å². The molecule has 0 atom stereocenters. The maximum absolute atomic E-state index is 5.83. The standard InChI is InChI=1S/C17H23N5O/c1-21(2)16-5-4-14(12-20-16)13-22-10-6-15(7-11-22)23-17-18-8-3-9-19-17/h3-5,8-9,12,15H,6-7,10-11,13H2,1-2H3. The van der Waals surface area contributed by atoms with Crippen molar-refractivity contribution in [1.29, 1.82) is 0 Å². The third kappa shape index (κ3) is 4.39. The molecule has 0 spiro atoms. The molecule has 0 saturated carbocycles. The van der Waals surface area contributed by atoms with Crippen LogP contribution in [0.4, 0.5) is 5.82 Å². The van der Waals surface area contributed by atoms with E-state index in [1.165, 1.54) is 5.56 Å². The van der Waals surface area contributed by atoms with Crippen molar-refractivity contribution in [3.63, 3.8) is 0 Å². The number of likely N-dealkylation sites (tertiary alicyclic amines) is 1. The van der Waals surface area contributed by atoms with Crippen molar-refractivity contribution in [2.24, 2.45) is 0 Å². The van der Waals surface area contributed by atoms with Crippen LogP contribution < -0.4 is 9.64 Å². The first-order valence-corrected chi connectivity index (χ1v) is 7.99. The molecule has 3 heterocycles. The number of rotatable bonds is 5. The fourth-order valence-electron chi connectivity index (χ4n) is 2.71. The minimum absolute atomic E-state index is 0.211. The Balaban J connectivity index is 1.47. The van der Waals surface area contributed by atoms with E-state index in [0.717, 1.165) is 38.3 Å². The molecule has 2 aromatic heterocycles. The number of nitrogens with zero attached hydrogens (tertiary/aromatic N) is 5. The molecule has 0 unspecified atom stereocenters. The summed E-state index contributed by atoms with van der Waals surface area (Å²) in [5, 5.41) is 0. The van der Waals surface area contributed by atoms with Crippen molar-refractivity contribution in [2.75, 3.05) is 32.1 Å². The lowest BCUT2D eigenvalue weighted by Crippen LogP contribution is -2.38. The second-order valence-electron chi connectivity index (χ2n) is 6.04. The molecular weight excluding hydrogens is 290 g/mol. The van der Waals surface area contributed by atoms with Gasteiger partial charge in [-0.2, -0.15) is 0 Å². The van der Waals surface area contributed by atoms with Gasteiger partial charge in [-0.05, 0) is 30.5 Å². The lowest BCUT2D eigenvalue weighted by molar-refractivity contribution is 0.0892. The first-order valence-electron chi connectivity index (χ1n) is 7.99. The van der Waals surface area contributed by atoms with E-state index < -0.39 is 0 Å². The van der Waals surface area contributed by atoms with Crippen molar-refractivity contribution < 1.29 is 4.74 Å². The average molecular weight is 313 g/mol. The molecular formula is C17H23N5O. The first kappa shape index (κ1) is 15.7. The summed E-state index contributed by atoms with van der Waals surface area (Å²) in [5.41, 5.74) is 1.25. The number of pyridine rings is 1. The SMILES string of the molecule is CN(C)c1ccc(CN2CCC(Oc3ncccn3)CC2)cn1. The van der Waals surface area contributed by atoms with Crippen LogP contribution in [0.5, 0.6) is 6.01 Å². The molecule has 1 aliphatic rings. The highest BCUT2D eigenvalue weighted by atomic mass is 16.5. The maximum atomic E-state index is 5.83. The predicted octanol–water partition coefficient (Wildman–Crippen LogP) is 1.98. The third-order valence-corrected chi connectivity index (χ3v) is 4.02. The average Bonchev–Trinajstić information content (AvgIpc) is 2.58. The highest BCUT2D eigenvalue weighted by Gasteiger charge is 2.21. The van der Waals surface area contributed by atoms with Crippen LogP contribution in [0.25, 0.3) is 0 Å². The number of hydrogen-bond acceptors (Lipinski definition) is 6. The number of aromatic nitrogens is 3. The van der Waals surface area contributed by atoms with Crippen molar-refractivity contribution >= 4 is 5.82 Å². The Hall–Kier alpha value is -2.21. The minimum atomic E-state index is 0.211. The number of ether oxygens (including phenoxy) is 1. The Labute approximate surface area is 137 Å². The van der Waals surface area contributed by atoms with Gasteiger partial charge in [0.15, 0.2) is 0 Å². The van der Waals surface area contributed by atoms with Gasteiger partial charge >= 0.3 is 6.01 Å². The minimum Gasteiger partial charge on any atom is -0.460 e. The van der Waals surface area contributed by atoms with E-state index >= 15 is 0 Å². The van der Waals surface area contributed by atoms with Crippen LogP contribution in [0, 0.1) is 0 Å². The second-order valence-corrected chi connectivity index (χ2v) is 6.04. The van der Waals surface area contributed by atoms with Crippen molar-refractivity contribution in [3.05, 3.63) is 42.4 Å². The van der Waals surface area contributed by atoms with Crippen molar-refractivity contribution in [2.45, 2.75) is 25.5 Å². The molecule has 0 radical (unpaired) electrons. The number of hydrogen-bond donors (Lipinski definition) is 0. The molecule has 1 fully saturated rings. The Kier molecular flexibility index (Phi) is 5.02. The van der Waals surface area contributed by atoms with Gasteiger partial charge in [0, 0.05) is 52.3 Å². The molecule has 6 heteroatoms. The Bertz CT molecular complexity index is 594. The van der Waals surface area contributed by atoms with Crippen LogP contribution in [-0.4, -0.2) is 53.1 Å². The quantitative estimate of drug-likeness (QED) is 0.841. The zero-order valence-electron chi connectivity index (χ0n) is 13.7. The molecule has 3 rings (SSSR count). The van der Waals surface area contributed by atoms with E-state index in [1.807, 2.05) is 25.2 Å². The Morgan fingerprint density at radius 2 is 1.87 bits per heavy atom. The molecule has 6 nitrogen and oxygen atoms in total. The summed E-state index contributed by atoms with van der Waals surface area (Å²) in [6.07, 6.45) is 7.60. The fraction of sp³-hybridized carbons (Fsp3) is 0.471. The van der Waals surface area contributed by atoms with E-state index in [9.17, 15) is 0 Å². The summed E-state index contributed by atoms with van der Waals surface area (Å²) in [5.74, 6) is 0.990. The number of anilines is 1. The maximum Gasteiger partial charge on any atom is 0.316 e. The molecule has 0 N–H and O–H groups in total. The Morgan fingerprint density at radius 1 is 1.13 bits per heavy atom. The van der Waals surface area contributed by atoms with Gasteiger partial charge in [-0.25, -0.2) is 15.0 Å². The van der Waals surface area contributed by atoms with Gasteiger partial charge in [0.25, 0.3) is 0 Å². The summed E-state index contributed by atoms with van der Waals surface area (Å²) in [7, 11) is 4.01. The fourth-order valence-corrected chi connectivity index (χ4v) is 2.71. The van der Waals surface area contributed by atoms with Crippen LogP contribution in [0.2, 0.25) is 0 Å². The zero-order chi connectivity index (χ0) is 16.1. The van der Waals surface area contributed by atoms with E-state index in [4.69, 9.17) is 4.74 Å². The van der Waals surface area contributed by atoms with Crippen molar-refractivity contribution in [3.8, 4) is 6.01 Å². The van der Waals surface area contributed by atoms with E-state index in [1.54, 1.807) is 18.5 Å². The normalized spacial score (nSPS) is 16.3. The van der Waals surface area contributed by atoms with E-state index in [0.29, 0.717) is 6.01 Å². The summed E-state index contributed by atoms with van der Waals surface area (Å²) < 4.78 is 5.83. The summed E-state index contributed by atoms with van der Waals surface area (Å²) in [4.78, 5) is 17.2. The van der Waals surface area contributed by atoms with Crippen LogP contribution in [0.15, 0.2) is 36.8 Å². The van der Waals surface area contributed by atoms with Gasteiger partial charge in [0.1, 0.15) is 11.9 Å². The van der Waals surface area contributed by atoms with Crippen LogP contribution in [0.3, 0.4) is 0 Å². The van der Waals surface area contributed by atoms with Gasteiger partial charge in [-0.3, -0.25) is 4.90 Å². The third-order valence-electron chi connectivity index (χ3n) is 4.02. The second kappa shape index (κ2) is 7.37. The van der Waals surface area contributed by atoms with Gasteiger partial charge in [-0.15, -0.1) is 0 Å². The van der Waals surface area contributed by atoms with Crippen molar-refractivity contribution in [1.82, 2.24) is 19.9 Å². The first-order chi connectivity index (χ1) is 11.2. The molecule has 1 aliphatic heterocycles. The molecule has 122 valence electrons. The Morgan fingerprint density at radius 3 is 2.48 bits per heavy atom. The monoisotopic (exact) mass is 313 g/mol. The molecule has 1 saturated heterocycles. The summed E-state index contributed by atoms with van der Waals surface area (Å²) >= 11 is 0. The zero-order valence-corrected chi connectivity index (χ0v) is 13.7. The molecule has 2 aromatic rings. The van der Waals surface area contributed by atoms with Gasteiger partial charge in [-0.1, -0.05) is 6.07 Å². The smallest absolute Gasteiger partial charge is 0.316 e. The molecule has 0 amide bonds. The molecule has 23 heavy (non-hydrogen) atoms. The van der Waals surface area contributed by atoms with E-state index in [2.05, 4.69) is 32.0 Å². The largest absolute Gasteiger partial charge is 0.460 e. The lowest BCUT2D eigenvalue weighted by atomic mass is 10.1. The van der Waals surface area contributed by atoms with E-state index in [-0.39, 0.29) is 6.10 Å². The predicted molar refractivity (Wildman–Crippen MR) is 89.5 cm³/mol. The summed E-state index contributed by atoms with van der Waals surface area (Å²) in [6.45, 7) is 2.98. The lowest BCUT2D eigenvalue weighted by Gasteiger charge is -2.31. The summed E-state index contributed by atoms with van der Waals surface area (Å²) in [6, 6.07) is 6.50. The topological polar surface area (TPSA) is 54.4 Å². The van der Waals surface area contributed by atoms with Gasteiger partial charge < -0.3 is 9.64 Å². The van der Waals surface area contributed by atoms with Crippen LogP contribution >= 0.6 is 0 Å². The highest BCUT2D eigenvalue weighted by Crippen LogP contribution is 2.18.